The zero-order chi connectivity index (χ0) is 12.3. The normalized spacial score (nSPS) is 16.1. The van der Waals surface area contributed by atoms with Gasteiger partial charge in [-0.05, 0) is 12.5 Å². The van der Waals surface area contributed by atoms with E-state index in [0.717, 1.165) is 0 Å². The molecule has 0 aliphatic rings. The molecule has 0 fully saturated rings. The van der Waals surface area contributed by atoms with Crippen LogP contribution in [0.25, 0.3) is 0 Å². The van der Waals surface area contributed by atoms with Crippen LogP contribution in [0.1, 0.15) is 19.4 Å². The topological polar surface area (TPSA) is 86.2 Å². The summed E-state index contributed by atoms with van der Waals surface area (Å²) in [6.45, 7) is 2.88. The molecule has 0 bridgehead atoms. The highest BCUT2D eigenvalue weighted by atomic mass is 16.6. The van der Waals surface area contributed by atoms with Crippen LogP contribution in [0.4, 0.5) is 0 Å². The molecule has 0 aromatic heterocycles. The van der Waals surface area contributed by atoms with Gasteiger partial charge >= 0.3 is 0 Å². The molecular formula is C11H14N2O3. The Bertz CT molecular complexity index is 405. The van der Waals surface area contributed by atoms with Crippen LogP contribution in [0.2, 0.25) is 0 Å². The minimum atomic E-state index is -1.29. The second-order valence-electron chi connectivity index (χ2n) is 3.89. The average molecular weight is 222 g/mol. The number of nitrogens with two attached hydrogens (primary N) is 1. The number of carbonyl (C=O) groups is 1. The summed E-state index contributed by atoms with van der Waals surface area (Å²) in [5, 5.41) is 10.8. The van der Waals surface area contributed by atoms with E-state index < -0.39 is 22.3 Å². The van der Waals surface area contributed by atoms with Gasteiger partial charge in [-0.1, -0.05) is 30.3 Å². The molecule has 0 spiro atoms. The lowest BCUT2D eigenvalue weighted by molar-refractivity contribution is -0.526. The largest absolute Gasteiger partial charge is 0.369 e. The molecular weight excluding hydrogens is 208 g/mol. The molecule has 5 heteroatoms. The molecule has 1 rings (SSSR count). The monoisotopic (exact) mass is 222 g/mol. The highest BCUT2D eigenvalue weighted by Crippen LogP contribution is 2.28. The van der Waals surface area contributed by atoms with E-state index in [-0.39, 0.29) is 0 Å². The summed E-state index contributed by atoms with van der Waals surface area (Å²) in [4.78, 5) is 21.8. The molecule has 0 aliphatic heterocycles. The molecule has 2 N–H and O–H groups in total. The molecule has 86 valence electrons. The lowest BCUT2D eigenvalue weighted by Crippen LogP contribution is -2.50. The van der Waals surface area contributed by atoms with E-state index in [2.05, 4.69) is 0 Å². The molecule has 0 heterocycles. The number of hydrogen-bond donors (Lipinski definition) is 1. The summed E-state index contributed by atoms with van der Waals surface area (Å²) in [5.74, 6) is -0.692. The van der Waals surface area contributed by atoms with Crippen molar-refractivity contribution in [2.24, 2.45) is 5.73 Å². The molecule has 2 unspecified atom stereocenters. The molecule has 0 aliphatic carbocycles. The van der Waals surface area contributed by atoms with Gasteiger partial charge in [-0.15, -0.1) is 0 Å². The third-order valence-corrected chi connectivity index (χ3v) is 3.04. The van der Waals surface area contributed by atoms with Crippen LogP contribution in [0.3, 0.4) is 0 Å². The van der Waals surface area contributed by atoms with Gasteiger partial charge in [-0.2, -0.15) is 0 Å². The fourth-order valence-corrected chi connectivity index (χ4v) is 1.58. The van der Waals surface area contributed by atoms with E-state index in [1.807, 2.05) is 0 Å². The molecule has 5 nitrogen and oxygen atoms in total. The summed E-state index contributed by atoms with van der Waals surface area (Å²) >= 11 is 0. The summed E-state index contributed by atoms with van der Waals surface area (Å²) in [6, 6.07) is 7.51. The Labute approximate surface area is 93.4 Å². The SMILES string of the molecule is CC([N+](=O)[O-])C(C)(C(N)=O)c1ccccc1. The third-order valence-electron chi connectivity index (χ3n) is 3.04. The van der Waals surface area contributed by atoms with Crippen molar-refractivity contribution in [2.75, 3.05) is 0 Å². The Morgan fingerprint density at radius 2 is 1.94 bits per heavy atom. The van der Waals surface area contributed by atoms with E-state index in [9.17, 15) is 14.9 Å². The van der Waals surface area contributed by atoms with Crippen molar-refractivity contribution >= 4 is 5.91 Å². The predicted molar refractivity (Wildman–Crippen MR) is 59.4 cm³/mol. The molecule has 0 saturated carbocycles. The van der Waals surface area contributed by atoms with Gasteiger partial charge in [0, 0.05) is 11.8 Å². The van der Waals surface area contributed by atoms with Crippen molar-refractivity contribution in [3.8, 4) is 0 Å². The van der Waals surface area contributed by atoms with Gasteiger partial charge in [0.2, 0.25) is 11.9 Å². The zero-order valence-corrected chi connectivity index (χ0v) is 9.21. The van der Waals surface area contributed by atoms with Crippen LogP contribution in [0.15, 0.2) is 30.3 Å². The minimum absolute atomic E-state index is 0.488. The van der Waals surface area contributed by atoms with Crippen LogP contribution in [0, 0.1) is 10.1 Å². The minimum Gasteiger partial charge on any atom is -0.369 e. The summed E-state index contributed by atoms with van der Waals surface area (Å²) in [7, 11) is 0. The summed E-state index contributed by atoms with van der Waals surface area (Å²) < 4.78 is 0. The van der Waals surface area contributed by atoms with Gasteiger partial charge in [0.15, 0.2) is 0 Å². The van der Waals surface area contributed by atoms with Crippen molar-refractivity contribution in [1.82, 2.24) is 0 Å². The number of hydrogen-bond acceptors (Lipinski definition) is 3. The van der Waals surface area contributed by atoms with E-state index >= 15 is 0 Å². The quantitative estimate of drug-likeness (QED) is 0.611. The van der Waals surface area contributed by atoms with Crippen LogP contribution < -0.4 is 5.73 Å². The van der Waals surface area contributed by atoms with Crippen molar-refractivity contribution in [3.63, 3.8) is 0 Å². The highest BCUT2D eigenvalue weighted by molar-refractivity contribution is 5.86. The number of primary amides is 1. The van der Waals surface area contributed by atoms with Gasteiger partial charge in [-0.25, -0.2) is 0 Å². The Balaban J connectivity index is 3.28. The fraction of sp³-hybridized carbons (Fsp3) is 0.364. The van der Waals surface area contributed by atoms with Gasteiger partial charge < -0.3 is 5.73 Å². The molecule has 1 aromatic rings. The molecule has 1 amide bonds. The first-order chi connectivity index (χ1) is 7.40. The molecule has 1 aromatic carbocycles. The summed E-state index contributed by atoms with van der Waals surface area (Å²) in [5.41, 5.74) is 4.57. The second kappa shape index (κ2) is 4.30. The van der Waals surface area contributed by atoms with Crippen molar-refractivity contribution in [2.45, 2.75) is 25.3 Å². The maximum Gasteiger partial charge on any atom is 0.234 e. The smallest absolute Gasteiger partial charge is 0.234 e. The maximum absolute atomic E-state index is 11.5. The summed E-state index contributed by atoms with van der Waals surface area (Å²) in [6.07, 6.45) is 0. The number of carbonyl (C=O) groups excluding carboxylic acids is 1. The number of benzene rings is 1. The Hall–Kier alpha value is -1.91. The van der Waals surface area contributed by atoms with E-state index in [4.69, 9.17) is 5.73 Å². The first kappa shape index (κ1) is 12.2. The Morgan fingerprint density at radius 3 is 2.31 bits per heavy atom. The van der Waals surface area contributed by atoms with Crippen molar-refractivity contribution in [1.29, 1.82) is 0 Å². The van der Waals surface area contributed by atoms with Crippen LogP contribution in [-0.4, -0.2) is 16.9 Å². The standard InChI is InChI=1S/C11H14N2O3/c1-8(13(15)16)11(2,10(12)14)9-6-4-3-5-7-9/h3-8H,1-2H3,(H2,12,14). The molecule has 0 radical (unpaired) electrons. The van der Waals surface area contributed by atoms with Crippen molar-refractivity contribution in [3.05, 3.63) is 46.0 Å². The van der Waals surface area contributed by atoms with Gasteiger partial charge in [0.05, 0.1) is 0 Å². The van der Waals surface area contributed by atoms with Gasteiger partial charge in [0.25, 0.3) is 0 Å². The first-order valence-electron chi connectivity index (χ1n) is 4.89. The lowest BCUT2D eigenvalue weighted by atomic mass is 9.76. The number of amides is 1. The predicted octanol–water partition coefficient (Wildman–Crippen LogP) is 1.09. The Kier molecular flexibility index (Phi) is 3.27. The van der Waals surface area contributed by atoms with E-state index in [0.29, 0.717) is 5.56 Å². The molecule has 2 atom stereocenters. The number of nitro groups is 1. The number of nitrogens with zero attached hydrogens (tertiary/aromatic N) is 1. The van der Waals surface area contributed by atoms with Crippen LogP contribution in [0.5, 0.6) is 0 Å². The zero-order valence-electron chi connectivity index (χ0n) is 9.21. The third kappa shape index (κ3) is 1.88. The number of rotatable bonds is 4. The second-order valence-corrected chi connectivity index (χ2v) is 3.89. The van der Waals surface area contributed by atoms with E-state index in [1.165, 1.54) is 13.8 Å². The van der Waals surface area contributed by atoms with Crippen LogP contribution in [-0.2, 0) is 10.2 Å². The first-order valence-corrected chi connectivity index (χ1v) is 4.89. The molecule has 0 saturated heterocycles. The average Bonchev–Trinajstić information content (AvgIpc) is 2.27. The molecule has 16 heavy (non-hydrogen) atoms. The maximum atomic E-state index is 11.5. The van der Waals surface area contributed by atoms with Gasteiger partial charge in [0.1, 0.15) is 5.41 Å². The fourth-order valence-electron chi connectivity index (χ4n) is 1.58. The van der Waals surface area contributed by atoms with Gasteiger partial charge in [-0.3, -0.25) is 14.9 Å². The van der Waals surface area contributed by atoms with E-state index in [1.54, 1.807) is 30.3 Å². The lowest BCUT2D eigenvalue weighted by Gasteiger charge is -2.27. The highest BCUT2D eigenvalue weighted by Gasteiger charge is 2.46. The van der Waals surface area contributed by atoms with Crippen LogP contribution >= 0.6 is 0 Å². The Morgan fingerprint density at radius 1 is 1.44 bits per heavy atom. The van der Waals surface area contributed by atoms with Crippen molar-refractivity contribution < 1.29 is 9.72 Å².